The van der Waals surface area contributed by atoms with E-state index in [2.05, 4.69) is 275 Å². The Bertz CT molecular complexity index is 4040. The average molecular weight is 894 g/mol. The van der Waals surface area contributed by atoms with Crippen molar-refractivity contribution in [2.24, 2.45) is 0 Å². The standard InChI is InChI=1S/C66H43N3O/c1-3-15-44(16-4-1)46-27-33-50(34-28-46)67(51-35-29-47(30-36-51)49-32-38-66-60(40-49)59-39-48(31-37-65(59)70-66)45-17-5-2-6-18-45)52-41-53(68-61-23-11-7-19-55(61)56-20-8-12-24-62(56)68)43-54(42-52)69-63-25-13-9-21-57(63)58-22-10-14-26-64(58)69/h1-43H. The van der Waals surface area contributed by atoms with E-state index in [1.54, 1.807) is 0 Å². The van der Waals surface area contributed by atoms with Crippen LogP contribution in [0.15, 0.2) is 265 Å². The van der Waals surface area contributed by atoms with Crippen molar-refractivity contribution in [2.45, 2.75) is 0 Å². The topological polar surface area (TPSA) is 26.2 Å². The molecule has 3 heterocycles. The van der Waals surface area contributed by atoms with Crippen molar-refractivity contribution in [3.05, 3.63) is 261 Å². The summed E-state index contributed by atoms with van der Waals surface area (Å²) in [6, 6.07) is 94.4. The van der Waals surface area contributed by atoms with Gasteiger partial charge < -0.3 is 18.5 Å². The summed E-state index contributed by atoms with van der Waals surface area (Å²) in [6.07, 6.45) is 0. The van der Waals surface area contributed by atoms with Crippen molar-refractivity contribution < 1.29 is 4.42 Å². The number of benzene rings is 11. The summed E-state index contributed by atoms with van der Waals surface area (Å²) in [4.78, 5) is 2.41. The number of anilines is 3. The minimum Gasteiger partial charge on any atom is -0.456 e. The fourth-order valence-corrected chi connectivity index (χ4v) is 10.8. The van der Waals surface area contributed by atoms with Gasteiger partial charge in [-0.25, -0.2) is 0 Å². The van der Waals surface area contributed by atoms with Gasteiger partial charge in [0.25, 0.3) is 0 Å². The molecule has 0 saturated heterocycles. The normalized spacial score (nSPS) is 11.7. The Labute approximate surface area is 404 Å². The van der Waals surface area contributed by atoms with E-state index in [-0.39, 0.29) is 0 Å². The van der Waals surface area contributed by atoms with Crippen molar-refractivity contribution in [1.82, 2.24) is 9.13 Å². The van der Waals surface area contributed by atoms with Gasteiger partial charge in [0.2, 0.25) is 0 Å². The fourth-order valence-electron chi connectivity index (χ4n) is 10.8. The molecule has 328 valence electrons. The lowest BCUT2D eigenvalue weighted by Crippen LogP contribution is -2.12. The average Bonchev–Trinajstić information content (AvgIpc) is 4.09. The Morgan fingerprint density at radius 2 is 0.571 bits per heavy atom. The van der Waals surface area contributed by atoms with Gasteiger partial charge in [-0.1, -0.05) is 170 Å². The Hall–Kier alpha value is -9.38. The summed E-state index contributed by atoms with van der Waals surface area (Å²) in [7, 11) is 0. The number of hydrogen-bond donors (Lipinski definition) is 0. The smallest absolute Gasteiger partial charge is 0.135 e. The second-order valence-electron chi connectivity index (χ2n) is 18.1. The zero-order valence-electron chi connectivity index (χ0n) is 38.1. The van der Waals surface area contributed by atoms with Crippen LogP contribution < -0.4 is 4.90 Å². The van der Waals surface area contributed by atoms with Crippen LogP contribution in [0, 0.1) is 0 Å². The molecule has 0 saturated carbocycles. The SMILES string of the molecule is c1ccc(-c2ccc(N(c3ccc(-c4ccc5oc6ccc(-c7ccccc7)cc6c5c4)cc3)c3cc(-n4c5ccccc5c5ccccc54)cc(-n4c5ccccc5c5ccccc54)c3)cc2)cc1. The van der Waals surface area contributed by atoms with Gasteiger partial charge in [-0.15, -0.1) is 0 Å². The molecule has 0 atom stereocenters. The summed E-state index contributed by atoms with van der Waals surface area (Å²) in [5.41, 5.74) is 18.7. The van der Waals surface area contributed by atoms with E-state index in [0.717, 1.165) is 83.6 Å². The van der Waals surface area contributed by atoms with Crippen molar-refractivity contribution >= 4 is 82.6 Å². The van der Waals surface area contributed by atoms with Crippen LogP contribution in [-0.2, 0) is 0 Å². The van der Waals surface area contributed by atoms with Crippen LogP contribution in [0.1, 0.15) is 0 Å². The first-order valence-corrected chi connectivity index (χ1v) is 23.9. The van der Waals surface area contributed by atoms with Crippen molar-refractivity contribution in [3.63, 3.8) is 0 Å². The molecule has 0 radical (unpaired) electrons. The molecule has 70 heavy (non-hydrogen) atoms. The first-order valence-electron chi connectivity index (χ1n) is 23.9. The van der Waals surface area contributed by atoms with Crippen LogP contribution in [0.3, 0.4) is 0 Å². The number of nitrogens with zero attached hydrogens (tertiary/aromatic N) is 3. The van der Waals surface area contributed by atoms with Crippen LogP contribution in [0.5, 0.6) is 0 Å². The summed E-state index contributed by atoms with van der Waals surface area (Å²) in [5, 5.41) is 7.12. The molecular weight excluding hydrogens is 851 g/mol. The number of para-hydroxylation sites is 4. The molecule has 0 aliphatic carbocycles. The molecule has 0 bridgehead atoms. The lowest BCUT2D eigenvalue weighted by Gasteiger charge is -2.28. The van der Waals surface area contributed by atoms with Crippen LogP contribution in [0.2, 0.25) is 0 Å². The summed E-state index contributed by atoms with van der Waals surface area (Å²) in [6.45, 7) is 0. The minimum atomic E-state index is 0.882. The van der Waals surface area contributed by atoms with E-state index in [9.17, 15) is 0 Å². The van der Waals surface area contributed by atoms with Gasteiger partial charge in [-0.3, -0.25) is 0 Å². The Kier molecular flexibility index (Phi) is 9.17. The second kappa shape index (κ2) is 16.2. The second-order valence-corrected chi connectivity index (χ2v) is 18.1. The predicted octanol–water partition coefficient (Wildman–Crippen LogP) is 18.3. The van der Waals surface area contributed by atoms with E-state index in [1.165, 1.54) is 43.8 Å². The van der Waals surface area contributed by atoms with Gasteiger partial charge in [0.05, 0.1) is 39.1 Å². The maximum Gasteiger partial charge on any atom is 0.135 e. The van der Waals surface area contributed by atoms with E-state index < -0.39 is 0 Å². The molecule has 0 N–H and O–H groups in total. The van der Waals surface area contributed by atoms with Gasteiger partial charge in [0.15, 0.2) is 0 Å². The number of furan rings is 1. The summed E-state index contributed by atoms with van der Waals surface area (Å²) in [5.74, 6) is 0. The molecule has 0 aliphatic heterocycles. The third-order valence-corrected chi connectivity index (χ3v) is 14.1. The third kappa shape index (κ3) is 6.53. The molecule has 3 aromatic heterocycles. The molecule has 14 aromatic rings. The van der Waals surface area contributed by atoms with Gasteiger partial charge >= 0.3 is 0 Å². The highest BCUT2D eigenvalue weighted by atomic mass is 16.3. The van der Waals surface area contributed by atoms with Crippen LogP contribution in [-0.4, -0.2) is 9.13 Å². The zero-order valence-corrected chi connectivity index (χ0v) is 38.1. The predicted molar refractivity (Wildman–Crippen MR) is 293 cm³/mol. The highest BCUT2D eigenvalue weighted by Gasteiger charge is 2.21. The van der Waals surface area contributed by atoms with Gasteiger partial charge in [0.1, 0.15) is 11.2 Å². The molecule has 0 spiro atoms. The van der Waals surface area contributed by atoms with Crippen molar-refractivity contribution in [2.75, 3.05) is 4.90 Å². The van der Waals surface area contributed by atoms with E-state index >= 15 is 0 Å². The van der Waals surface area contributed by atoms with Crippen LogP contribution >= 0.6 is 0 Å². The minimum absolute atomic E-state index is 0.882. The lowest BCUT2D eigenvalue weighted by molar-refractivity contribution is 0.669. The molecular formula is C66H43N3O. The molecule has 0 amide bonds. The van der Waals surface area contributed by atoms with Crippen molar-refractivity contribution in [3.8, 4) is 44.8 Å². The summed E-state index contributed by atoms with van der Waals surface area (Å²) < 4.78 is 11.2. The third-order valence-electron chi connectivity index (χ3n) is 14.1. The Balaban J connectivity index is 0.970. The Morgan fingerprint density at radius 1 is 0.243 bits per heavy atom. The summed E-state index contributed by atoms with van der Waals surface area (Å²) >= 11 is 0. The van der Waals surface area contributed by atoms with E-state index in [4.69, 9.17) is 4.42 Å². The number of fused-ring (bicyclic) bond motifs is 9. The monoisotopic (exact) mass is 893 g/mol. The molecule has 0 aliphatic rings. The van der Waals surface area contributed by atoms with E-state index in [0.29, 0.717) is 0 Å². The molecule has 0 fully saturated rings. The molecule has 4 nitrogen and oxygen atoms in total. The van der Waals surface area contributed by atoms with Crippen LogP contribution in [0.4, 0.5) is 17.1 Å². The van der Waals surface area contributed by atoms with Crippen LogP contribution in [0.25, 0.3) is 110 Å². The van der Waals surface area contributed by atoms with Gasteiger partial charge in [0, 0.05) is 43.7 Å². The maximum atomic E-state index is 6.38. The first kappa shape index (κ1) is 39.8. The van der Waals surface area contributed by atoms with E-state index in [1.807, 2.05) is 0 Å². The quantitative estimate of drug-likeness (QED) is 0.152. The molecule has 14 rings (SSSR count). The molecule has 4 heteroatoms. The highest BCUT2D eigenvalue weighted by Crippen LogP contribution is 2.43. The number of rotatable bonds is 8. The molecule has 0 unspecified atom stereocenters. The van der Waals surface area contributed by atoms with Gasteiger partial charge in [-0.05, 0) is 124 Å². The fraction of sp³-hybridized carbons (Fsp3) is 0. The Morgan fingerprint density at radius 3 is 0.986 bits per heavy atom. The highest BCUT2D eigenvalue weighted by molar-refractivity contribution is 6.11. The largest absolute Gasteiger partial charge is 0.456 e. The maximum absolute atomic E-state index is 6.38. The van der Waals surface area contributed by atoms with Crippen molar-refractivity contribution in [1.29, 1.82) is 0 Å². The zero-order chi connectivity index (χ0) is 46.1. The van der Waals surface area contributed by atoms with Gasteiger partial charge in [-0.2, -0.15) is 0 Å². The number of aromatic nitrogens is 2. The lowest BCUT2D eigenvalue weighted by atomic mass is 10.00. The number of hydrogen-bond acceptors (Lipinski definition) is 2. The first-order chi connectivity index (χ1) is 34.7. The molecule has 11 aromatic carbocycles.